The predicted octanol–water partition coefficient (Wildman–Crippen LogP) is 6.45. The second-order valence-corrected chi connectivity index (χ2v) is 8.50. The average Bonchev–Trinajstić information content (AvgIpc) is 3.30. The predicted molar refractivity (Wildman–Crippen MR) is 113 cm³/mol. The molecule has 1 aliphatic carbocycles. The van der Waals surface area contributed by atoms with Crippen LogP contribution in [-0.2, 0) is 6.18 Å². The Labute approximate surface area is 180 Å². The quantitative estimate of drug-likeness (QED) is 0.355. The molecule has 4 aromatic rings. The lowest BCUT2D eigenvalue weighted by molar-refractivity contribution is -0.140. The molecule has 0 atom stereocenters. The van der Waals surface area contributed by atoms with Crippen LogP contribution in [0.1, 0.15) is 18.5 Å². The van der Waals surface area contributed by atoms with Gasteiger partial charge in [-0.25, -0.2) is 4.98 Å². The van der Waals surface area contributed by atoms with Crippen molar-refractivity contribution < 1.29 is 13.2 Å². The number of fused-ring (bicyclic) bond motifs is 3. The fraction of sp³-hybridized carbons (Fsp3) is 0.286. The molecule has 1 aliphatic rings. The van der Waals surface area contributed by atoms with Crippen molar-refractivity contribution in [3.8, 4) is 5.69 Å². The molecule has 5 rings (SSSR count). The molecule has 156 valence electrons. The van der Waals surface area contributed by atoms with E-state index in [-0.39, 0.29) is 11.6 Å². The number of para-hydroxylation sites is 2. The van der Waals surface area contributed by atoms with Gasteiger partial charge in [-0.3, -0.25) is 8.97 Å². The van der Waals surface area contributed by atoms with Crippen molar-refractivity contribution in [2.24, 2.45) is 5.92 Å². The van der Waals surface area contributed by atoms with E-state index in [1.165, 1.54) is 0 Å². The van der Waals surface area contributed by atoms with Crippen LogP contribution in [0.4, 0.5) is 19.0 Å². The highest BCUT2D eigenvalue weighted by molar-refractivity contribution is 6.35. The number of hydrogen-bond acceptors (Lipinski definition) is 2. The van der Waals surface area contributed by atoms with E-state index < -0.39 is 11.9 Å². The first-order valence-corrected chi connectivity index (χ1v) is 10.3. The summed E-state index contributed by atoms with van der Waals surface area (Å²) in [5, 5.41) is 0.774. The third kappa shape index (κ3) is 3.11. The minimum absolute atomic E-state index is 0.0458. The molecule has 2 heterocycles. The fourth-order valence-electron chi connectivity index (χ4n) is 3.94. The average molecular weight is 453 g/mol. The number of rotatable bonds is 4. The van der Waals surface area contributed by atoms with E-state index in [1.807, 2.05) is 12.1 Å². The van der Waals surface area contributed by atoms with Crippen LogP contribution in [0.2, 0.25) is 10.0 Å². The highest BCUT2D eigenvalue weighted by Crippen LogP contribution is 2.41. The molecule has 0 bridgehead atoms. The minimum atomic E-state index is -4.59. The number of halogens is 5. The highest BCUT2D eigenvalue weighted by Gasteiger charge is 2.41. The van der Waals surface area contributed by atoms with Gasteiger partial charge in [-0.05, 0) is 49.1 Å². The van der Waals surface area contributed by atoms with Crippen LogP contribution in [0.25, 0.3) is 22.5 Å². The Morgan fingerprint density at radius 1 is 1.10 bits per heavy atom. The number of nitrogens with zero attached hydrogens (tertiary/aromatic N) is 4. The van der Waals surface area contributed by atoms with E-state index in [0.29, 0.717) is 39.2 Å². The molecule has 9 heteroatoms. The first-order valence-electron chi connectivity index (χ1n) is 9.51. The Morgan fingerprint density at radius 3 is 2.43 bits per heavy atom. The van der Waals surface area contributed by atoms with E-state index >= 15 is 0 Å². The van der Waals surface area contributed by atoms with Gasteiger partial charge in [-0.15, -0.1) is 0 Å². The smallest absolute Gasteiger partial charge is 0.359 e. The summed E-state index contributed by atoms with van der Waals surface area (Å²) in [6.07, 6.45) is -2.51. The van der Waals surface area contributed by atoms with Gasteiger partial charge >= 0.3 is 6.18 Å². The van der Waals surface area contributed by atoms with Crippen molar-refractivity contribution in [3.63, 3.8) is 0 Å². The van der Waals surface area contributed by atoms with Gasteiger partial charge in [0.1, 0.15) is 5.82 Å². The molecule has 1 fully saturated rings. The molecule has 0 spiro atoms. The van der Waals surface area contributed by atoms with Crippen molar-refractivity contribution in [2.45, 2.75) is 19.0 Å². The van der Waals surface area contributed by atoms with E-state index in [4.69, 9.17) is 23.2 Å². The first-order chi connectivity index (χ1) is 14.3. The summed E-state index contributed by atoms with van der Waals surface area (Å²) in [4.78, 5) is 5.74. The van der Waals surface area contributed by atoms with Crippen molar-refractivity contribution in [1.29, 1.82) is 0 Å². The molecule has 2 aromatic carbocycles. The summed E-state index contributed by atoms with van der Waals surface area (Å²) < 4.78 is 45.2. The molecule has 0 N–H and O–H groups in total. The van der Waals surface area contributed by atoms with Crippen molar-refractivity contribution in [3.05, 3.63) is 58.2 Å². The number of hydrogen-bond donors (Lipinski definition) is 0. The zero-order valence-corrected chi connectivity index (χ0v) is 17.4. The van der Waals surface area contributed by atoms with E-state index in [9.17, 15) is 13.2 Å². The van der Waals surface area contributed by atoms with Crippen LogP contribution >= 0.6 is 23.2 Å². The van der Waals surface area contributed by atoms with Gasteiger partial charge in [0, 0.05) is 18.6 Å². The molecule has 0 radical (unpaired) electrons. The van der Waals surface area contributed by atoms with E-state index in [2.05, 4.69) is 4.98 Å². The normalized spacial score (nSPS) is 14.7. The summed E-state index contributed by atoms with van der Waals surface area (Å²) in [7, 11) is 1.69. The molecule has 0 unspecified atom stereocenters. The van der Waals surface area contributed by atoms with Crippen molar-refractivity contribution in [1.82, 2.24) is 14.0 Å². The van der Waals surface area contributed by atoms with Gasteiger partial charge in [0.2, 0.25) is 5.78 Å². The topological polar surface area (TPSA) is 25.5 Å². The summed E-state index contributed by atoms with van der Waals surface area (Å²) in [6.45, 7) is 0.554. The molecular formula is C21H17Cl2F3N4. The van der Waals surface area contributed by atoms with Crippen LogP contribution in [0.3, 0.4) is 0 Å². The number of imidazole rings is 2. The molecule has 0 saturated heterocycles. The van der Waals surface area contributed by atoms with Crippen LogP contribution < -0.4 is 4.90 Å². The lowest BCUT2D eigenvalue weighted by atomic mass is 10.2. The molecule has 30 heavy (non-hydrogen) atoms. The highest BCUT2D eigenvalue weighted by atomic mass is 35.5. The number of benzene rings is 2. The van der Waals surface area contributed by atoms with Gasteiger partial charge in [0.25, 0.3) is 0 Å². The van der Waals surface area contributed by atoms with Gasteiger partial charge in [0.05, 0.1) is 21.7 Å². The Morgan fingerprint density at radius 2 is 1.80 bits per heavy atom. The van der Waals surface area contributed by atoms with Crippen LogP contribution in [0.5, 0.6) is 0 Å². The Hall–Kier alpha value is -2.38. The number of alkyl halides is 3. The molecular weight excluding hydrogens is 436 g/mol. The van der Waals surface area contributed by atoms with Crippen molar-refractivity contribution in [2.75, 3.05) is 18.5 Å². The van der Waals surface area contributed by atoms with Gasteiger partial charge < -0.3 is 4.90 Å². The molecule has 0 aliphatic heterocycles. The third-order valence-electron chi connectivity index (χ3n) is 5.41. The first kappa shape index (κ1) is 19.6. The van der Waals surface area contributed by atoms with Crippen LogP contribution in [0, 0.1) is 5.92 Å². The summed E-state index contributed by atoms with van der Waals surface area (Å²) >= 11 is 12.5. The van der Waals surface area contributed by atoms with E-state index in [0.717, 1.165) is 12.8 Å². The second-order valence-electron chi connectivity index (χ2n) is 7.66. The van der Waals surface area contributed by atoms with Gasteiger partial charge in [-0.2, -0.15) is 13.2 Å². The number of anilines is 1. The number of aromatic nitrogens is 3. The SMILES string of the molecule is CN(CC1CC1)c1c(C(F)(F)F)nc2n(-c3ccc(Cl)cc3Cl)c3ccccc3n12. The minimum Gasteiger partial charge on any atom is -0.359 e. The maximum atomic E-state index is 14.0. The van der Waals surface area contributed by atoms with Crippen LogP contribution in [0.15, 0.2) is 42.5 Å². The standard InChI is InChI=1S/C21H17Cl2F3N4/c1-28(11-12-6-7-12)19-18(21(24,25)26)27-20-29(15-9-8-13(22)10-14(15)23)16-4-2-3-5-17(16)30(19)20/h2-5,8-10,12H,6-7,11H2,1H3. The third-order valence-corrected chi connectivity index (χ3v) is 5.95. The second kappa shape index (κ2) is 6.82. The molecule has 2 aromatic heterocycles. The zero-order valence-electron chi connectivity index (χ0n) is 15.9. The maximum absolute atomic E-state index is 14.0. The fourth-order valence-corrected chi connectivity index (χ4v) is 4.43. The summed E-state index contributed by atoms with van der Waals surface area (Å²) in [6, 6.07) is 12.2. The van der Waals surface area contributed by atoms with Gasteiger partial charge in [0.15, 0.2) is 5.69 Å². The molecule has 4 nitrogen and oxygen atoms in total. The van der Waals surface area contributed by atoms with E-state index in [1.54, 1.807) is 51.2 Å². The monoisotopic (exact) mass is 452 g/mol. The Bertz CT molecular complexity index is 1270. The lowest BCUT2D eigenvalue weighted by Crippen LogP contribution is -2.24. The summed E-state index contributed by atoms with van der Waals surface area (Å²) in [5.41, 5.74) is 0.950. The molecule has 0 amide bonds. The summed E-state index contributed by atoms with van der Waals surface area (Å²) in [5.74, 6) is 0.621. The Balaban J connectivity index is 1.87. The Kier molecular flexibility index (Phi) is 4.45. The molecule has 1 saturated carbocycles. The van der Waals surface area contributed by atoms with Gasteiger partial charge in [-0.1, -0.05) is 35.3 Å². The zero-order chi connectivity index (χ0) is 21.2. The van der Waals surface area contributed by atoms with Crippen LogP contribution in [-0.4, -0.2) is 27.5 Å². The lowest BCUT2D eigenvalue weighted by Gasteiger charge is -2.20. The largest absolute Gasteiger partial charge is 0.437 e. The maximum Gasteiger partial charge on any atom is 0.437 e. The van der Waals surface area contributed by atoms with Crippen molar-refractivity contribution >= 4 is 45.8 Å².